The zero-order chi connectivity index (χ0) is 18.4. The molecule has 0 radical (unpaired) electrons. The zero-order valence-corrected chi connectivity index (χ0v) is 14.9. The molecule has 1 N–H and O–H groups in total. The monoisotopic (exact) mass is 367 g/mol. The Morgan fingerprint density at radius 1 is 1.08 bits per heavy atom. The number of carbonyl (C=O) groups is 2. The standard InChI is InChI=1S/C16H21N3O5S/c1-17(2)16(22)19-8-7-18(12-9-25(23,24)10-13(12)19)15(21)11-5-3-4-6-14(11)20/h3-6,12-13,20H,7-10H2,1-2H3/t12-,13+/m0/s1. The Kier molecular flexibility index (Phi) is 4.36. The van der Waals surface area contributed by atoms with Gasteiger partial charge < -0.3 is 19.8 Å². The number of hydrogen-bond acceptors (Lipinski definition) is 5. The number of hydrogen-bond donors (Lipinski definition) is 1. The van der Waals surface area contributed by atoms with Gasteiger partial charge in [-0.2, -0.15) is 0 Å². The first kappa shape index (κ1) is 17.5. The van der Waals surface area contributed by atoms with E-state index in [-0.39, 0.29) is 41.9 Å². The van der Waals surface area contributed by atoms with Gasteiger partial charge in [0.2, 0.25) is 0 Å². The first-order valence-electron chi connectivity index (χ1n) is 7.98. The lowest BCUT2D eigenvalue weighted by Crippen LogP contribution is -2.63. The van der Waals surface area contributed by atoms with Crippen LogP contribution < -0.4 is 0 Å². The summed E-state index contributed by atoms with van der Waals surface area (Å²) in [7, 11) is -0.126. The molecule has 2 aliphatic rings. The highest BCUT2D eigenvalue weighted by Crippen LogP contribution is 2.30. The van der Waals surface area contributed by atoms with Crippen LogP contribution in [0, 0.1) is 0 Å². The molecule has 8 nitrogen and oxygen atoms in total. The molecule has 2 fully saturated rings. The second-order valence-electron chi connectivity index (χ2n) is 6.60. The Morgan fingerprint density at radius 2 is 1.64 bits per heavy atom. The highest BCUT2D eigenvalue weighted by atomic mass is 32.2. The van der Waals surface area contributed by atoms with Crippen molar-refractivity contribution < 1.29 is 23.1 Å². The summed E-state index contributed by atoms with van der Waals surface area (Å²) in [6.07, 6.45) is 0. The van der Waals surface area contributed by atoms with Crippen LogP contribution in [-0.2, 0) is 9.84 Å². The summed E-state index contributed by atoms with van der Waals surface area (Å²) in [6, 6.07) is 4.75. The summed E-state index contributed by atoms with van der Waals surface area (Å²) in [4.78, 5) is 29.6. The second-order valence-corrected chi connectivity index (χ2v) is 8.75. The van der Waals surface area contributed by atoms with Crippen LogP contribution in [0.2, 0.25) is 0 Å². The van der Waals surface area contributed by atoms with Gasteiger partial charge in [-0.05, 0) is 12.1 Å². The predicted octanol–water partition coefficient (Wildman–Crippen LogP) is -0.00280. The van der Waals surface area contributed by atoms with Crippen molar-refractivity contribution in [2.75, 3.05) is 38.7 Å². The van der Waals surface area contributed by atoms with Crippen LogP contribution in [0.5, 0.6) is 5.75 Å². The summed E-state index contributed by atoms with van der Waals surface area (Å²) in [5, 5.41) is 9.93. The topological polar surface area (TPSA) is 98.2 Å². The first-order valence-corrected chi connectivity index (χ1v) is 9.81. The van der Waals surface area contributed by atoms with E-state index < -0.39 is 27.8 Å². The van der Waals surface area contributed by atoms with Crippen molar-refractivity contribution in [3.8, 4) is 5.75 Å². The largest absolute Gasteiger partial charge is 0.507 e. The van der Waals surface area contributed by atoms with Crippen LogP contribution in [0.1, 0.15) is 10.4 Å². The third-order valence-electron chi connectivity index (χ3n) is 4.70. The van der Waals surface area contributed by atoms with Gasteiger partial charge in [0.25, 0.3) is 5.91 Å². The van der Waals surface area contributed by atoms with Gasteiger partial charge in [0, 0.05) is 27.2 Å². The van der Waals surface area contributed by atoms with Gasteiger partial charge in [-0.1, -0.05) is 12.1 Å². The van der Waals surface area contributed by atoms with E-state index in [1.54, 1.807) is 26.2 Å². The predicted molar refractivity (Wildman–Crippen MR) is 91.2 cm³/mol. The lowest BCUT2D eigenvalue weighted by atomic mass is 10.0. The highest BCUT2D eigenvalue weighted by Gasteiger charge is 2.50. The van der Waals surface area contributed by atoms with E-state index in [1.807, 2.05) is 0 Å². The third-order valence-corrected chi connectivity index (χ3v) is 6.40. The van der Waals surface area contributed by atoms with Crippen molar-refractivity contribution in [3.05, 3.63) is 29.8 Å². The number of fused-ring (bicyclic) bond motifs is 1. The Hall–Kier alpha value is -2.29. The number of phenolic OH excluding ortho intramolecular Hbond substituents is 1. The molecule has 3 rings (SSSR count). The van der Waals surface area contributed by atoms with Crippen LogP contribution in [0.4, 0.5) is 4.79 Å². The molecule has 2 aliphatic heterocycles. The van der Waals surface area contributed by atoms with Crippen molar-refractivity contribution in [3.63, 3.8) is 0 Å². The number of sulfone groups is 1. The molecular weight excluding hydrogens is 346 g/mol. The van der Waals surface area contributed by atoms with Gasteiger partial charge in [-0.15, -0.1) is 0 Å². The number of urea groups is 1. The minimum Gasteiger partial charge on any atom is -0.507 e. The van der Waals surface area contributed by atoms with Crippen molar-refractivity contribution >= 4 is 21.8 Å². The minimum atomic E-state index is -3.35. The van der Waals surface area contributed by atoms with Crippen molar-refractivity contribution in [2.45, 2.75) is 12.1 Å². The summed E-state index contributed by atoms with van der Waals surface area (Å²) in [5.41, 5.74) is 0.137. The van der Waals surface area contributed by atoms with E-state index in [4.69, 9.17) is 0 Å². The Balaban J connectivity index is 1.93. The number of benzene rings is 1. The van der Waals surface area contributed by atoms with Gasteiger partial charge in [0.1, 0.15) is 5.75 Å². The molecule has 0 spiro atoms. The van der Waals surface area contributed by atoms with E-state index in [0.717, 1.165) is 0 Å². The Morgan fingerprint density at radius 3 is 2.24 bits per heavy atom. The van der Waals surface area contributed by atoms with E-state index in [1.165, 1.54) is 26.8 Å². The zero-order valence-electron chi connectivity index (χ0n) is 14.1. The van der Waals surface area contributed by atoms with Crippen molar-refractivity contribution in [1.82, 2.24) is 14.7 Å². The van der Waals surface area contributed by atoms with E-state index in [2.05, 4.69) is 0 Å². The molecule has 9 heteroatoms. The highest BCUT2D eigenvalue weighted by molar-refractivity contribution is 7.91. The molecule has 136 valence electrons. The van der Waals surface area contributed by atoms with Crippen LogP contribution in [0.15, 0.2) is 24.3 Å². The number of aromatic hydroxyl groups is 1. The van der Waals surface area contributed by atoms with Crippen LogP contribution in [0.25, 0.3) is 0 Å². The average Bonchev–Trinajstić information content (AvgIpc) is 2.87. The van der Waals surface area contributed by atoms with E-state index in [9.17, 15) is 23.1 Å². The summed E-state index contributed by atoms with van der Waals surface area (Å²) >= 11 is 0. The molecule has 3 amide bonds. The van der Waals surface area contributed by atoms with Gasteiger partial charge in [0.15, 0.2) is 9.84 Å². The van der Waals surface area contributed by atoms with Crippen LogP contribution in [0.3, 0.4) is 0 Å². The number of carbonyl (C=O) groups excluding carboxylic acids is 2. The Bertz CT molecular complexity index is 808. The van der Waals surface area contributed by atoms with Crippen LogP contribution >= 0.6 is 0 Å². The molecule has 0 aromatic heterocycles. The number of rotatable bonds is 1. The molecule has 0 saturated carbocycles. The van der Waals surface area contributed by atoms with Gasteiger partial charge in [-0.3, -0.25) is 4.79 Å². The second kappa shape index (κ2) is 6.21. The minimum absolute atomic E-state index is 0.137. The maximum Gasteiger partial charge on any atom is 0.319 e. The van der Waals surface area contributed by atoms with Gasteiger partial charge in [-0.25, -0.2) is 13.2 Å². The molecule has 1 aromatic rings. The fourth-order valence-corrected chi connectivity index (χ4v) is 5.49. The molecule has 1 aromatic carbocycles. The fraction of sp³-hybridized carbons (Fsp3) is 0.500. The molecular formula is C16H21N3O5S. The molecule has 0 bridgehead atoms. The average molecular weight is 367 g/mol. The molecule has 2 heterocycles. The number of piperazine rings is 1. The summed E-state index contributed by atoms with van der Waals surface area (Å²) in [6.45, 7) is 0.483. The number of phenols is 1. The molecule has 2 atom stereocenters. The smallest absolute Gasteiger partial charge is 0.319 e. The number of nitrogens with zero attached hydrogens (tertiary/aromatic N) is 3. The third kappa shape index (κ3) is 3.15. The number of para-hydroxylation sites is 1. The van der Waals surface area contributed by atoms with E-state index >= 15 is 0 Å². The molecule has 0 unspecified atom stereocenters. The number of amides is 3. The Labute approximate surface area is 146 Å². The lowest BCUT2D eigenvalue weighted by molar-refractivity contribution is 0.0391. The fourth-order valence-electron chi connectivity index (χ4n) is 3.51. The van der Waals surface area contributed by atoms with E-state index in [0.29, 0.717) is 0 Å². The molecule has 25 heavy (non-hydrogen) atoms. The molecule has 0 aliphatic carbocycles. The van der Waals surface area contributed by atoms with Gasteiger partial charge in [0.05, 0.1) is 29.2 Å². The summed E-state index contributed by atoms with van der Waals surface area (Å²) in [5.74, 6) is -0.880. The quantitative estimate of drug-likeness (QED) is 0.753. The maximum atomic E-state index is 12.8. The van der Waals surface area contributed by atoms with Gasteiger partial charge >= 0.3 is 6.03 Å². The SMILES string of the molecule is CN(C)C(=O)N1CCN(C(=O)c2ccccc2O)[C@H]2CS(=O)(=O)C[C@H]21. The van der Waals surface area contributed by atoms with Crippen molar-refractivity contribution in [2.24, 2.45) is 0 Å². The molecule has 2 saturated heterocycles. The van der Waals surface area contributed by atoms with Crippen molar-refractivity contribution in [1.29, 1.82) is 0 Å². The lowest BCUT2D eigenvalue weighted by Gasteiger charge is -2.44. The normalized spacial score (nSPS) is 24.7. The van der Waals surface area contributed by atoms with Crippen LogP contribution in [-0.4, -0.2) is 90.9 Å². The first-order chi connectivity index (χ1) is 11.7. The maximum absolute atomic E-state index is 12.8. The summed E-state index contributed by atoms with van der Waals surface area (Å²) < 4.78 is 24.3.